The number of hydrogen-bond acceptors (Lipinski definition) is 3. The lowest BCUT2D eigenvalue weighted by atomic mass is 9.93. The number of nitrogens with one attached hydrogen (secondary N) is 1. The Morgan fingerprint density at radius 1 is 1.47 bits per heavy atom. The van der Waals surface area contributed by atoms with Crippen LogP contribution in [-0.4, -0.2) is 31.8 Å². The largest absolute Gasteiger partial charge is 0.466 e. The van der Waals surface area contributed by atoms with Crippen LogP contribution in [0.5, 0.6) is 0 Å². The minimum absolute atomic E-state index is 0.202. The summed E-state index contributed by atoms with van der Waals surface area (Å²) in [5.41, 5.74) is 0. The fraction of sp³-hybridized carbons (Fsp3) is 0.889. The van der Waals surface area contributed by atoms with Gasteiger partial charge in [0, 0.05) is 13.0 Å². The summed E-state index contributed by atoms with van der Waals surface area (Å²) in [7, 11) is 0. The van der Waals surface area contributed by atoms with Gasteiger partial charge >= 0.3 is 12.1 Å². The van der Waals surface area contributed by atoms with E-state index in [1.54, 1.807) is 6.92 Å². The summed E-state index contributed by atoms with van der Waals surface area (Å²) in [5, 5.41) is 2.78. The smallest absolute Gasteiger partial charge is 0.389 e. The molecule has 1 aliphatic rings. The molecule has 1 aliphatic heterocycles. The fourth-order valence-corrected chi connectivity index (χ4v) is 1.77. The third kappa shape index (κ3) is 3.70. The van der Waals surface area contributed by atoms with E-state index >= 15 is 0 Å². The van der Waals surface area contributed by atoms with Crippen LogP contribution in [0.2, 0.25) is 0 Å². The molecule has 0 aromatic heterocycles. The second kappa shape index (κ2) is 4.83. The average molecular weight is 225 g/mol. The number of alkyl halides is 3. The molecule has 1 fully saturated rings. The highest BCUT2D eigenvalue weighted by atomic mass is 19.4. The van der Waals surface area contributed by atoms with Crippen molar-refractivity contribution in [1.29, 1.82) is 0 Å². The summed E-state index contributed by atoms with van der Waals surface area (Å²) >= 11 is 0. The highest BCUT2D eigenvalue weighted by molar-refractivity contribution is 5.73. The molecule has 2 atom stereocenters. The van der Waals surface area contributed by atoms with Crippen LogP contribution in [0.3, 0.4) is 0 Å². The maximum Gasteiger partial charge on any atom is 0.389 e. The van der Waals surface area contributed by atoms with E-state index in [9.17, 15) is 18.0 Å². The Balaban J connectivity index is 2.53. The third-order valence-corrected chi connectivity index (χ3v) is 2.42. The van der Waals surface area contributed by atoms with Crippen molar-refractivity contribution in [3.05, 3.63) is 0 Å². The van der Waals surface area contributed by atoms with Crippen LogP contribution in [0.15, 0.2) is 0 Å². The van der Waals surface area contributed by atoms with Crippen LogP contribution >= 0.6 is 0 Å². The first-order chi connectivity index (χ1) is 6.94. The first-order valence-corrected chi connectivity index (χ1v) is 4.88. The molecule has 88 valence electrons. The zero-order valence-corrected chi connectivity index (χ0v) is 8.43. The summed E-state index contributed by atoms with van der Waals surface area (Å²) < 4.78 is 41.2. The summed E-state index contributed by atoms with van der Waals surface area (Å²) in [4.78, 5) is 11.3. The van der Waals surface area contributed by atoms with Gasteiger partial charge in [-0.15, -0.1) is 0 Å². The van der Waals surface area contributed by atoms with Gasteiger partial charge in [0.1, 0.15) is 0 Å². The van der Waals surface area contributed by atoms with Crippen molar-refractivity contribution >= 4 is 5.97 Å². The molecular formula is C9H14F3NO2. The summed E-state index contributed by atoms with van der Waals surface area (Å²) in [6, 6.07) is 0. The molecule has 0 radical (unpaired) electrons. The second-order valence-corrected chi connectivity index (χ2v) is 3.60. The summed E-state index contributed by atoms with van der Waals surface area (Å²) in [6.45, 7) is 2.34. The van der Waals surface area contributed by atoms with Crippen LogP contribution < -0.4 is 5.32 Å². The highest BCUT2D eigenvalue weighted by Gasteiger charge is 2.41. The van der Waals surface area contributed by atoms with Crippen LogP contribution in [-0.2, 0) is 9.53 Å². The van der Waals surface area contributed by atoms with E-state index in [-0.39, 0.29) is 19.7 Å². The minimum atomic E-state index is -4.22. The van der Waals surface area contributed by atoms with E-state index in [0.717, 1.165) is 0 Å². The van der Waals surface area contributed by atoms with Crippen molar-refractivity contribution < 1.29 is 22.7 Å². The quantitative estimate of drug-likeness (QED) is 0.736. The van der Waals surface area contributed by atoms with E-state index in [1.807, 2.05) is 0 Å². The first kappa shape index (κ1) is 12.3. The normalized spacial score (nSPS) is 26.7. The lowest BCUT2D eigenvalue weighted by Gasteiger charge is -2.18. The van der Waals surface area contributed by atoms with E-state index in [0.29, 0.717) is 0 Å². The van der Waals surface area contributed by atoms with Gasteiger partial charge in [0.15, 0.2) is 0 Å². The van der Waals surface area contributed by atoms with Gasteiger partial charge in [-0.05, 0) is 19.4 Å². The number of hydrogen-bond donors (Lipinski definition) is 1. The number of rotatable bonds is 3. The van der Waals surface area contributed by atoms with E-state index in [1.165, 1.54) is 0 Å². The number of esters is 1. The molecule has 0 aromatic carbocycles. The van der Waals surface area contributed by atoms with Gasteiger partial charge in [0.05, 0.1) is 12.5 Å². The summed E-state index contributed by atoms with van der Waals surface area (Å²) in [5.74, 6) is -1.88. The Labute approximate surface area is 86.0 Å². The van der Waals surface area contributed by atoms with E-state index < -0.39 is 30.4 Å². The lowest BCUT2D eigenvalue weighted by molar-refractivity contribution is -0.158. The Hall–Kier alpha value is -0.780. The van der Waals surface area contributed by atoms with E-state index in [4.69, 9.17) is 4.74 Å². The zero-order valence-electron chi connectivity index (χ0n) is 8.43. The maximum absolute atomic E-state index is 12.2. The molecule has 1 N–H and O–H groups in total. The van der Waals surface area contributed by atoms with Crippen LogP contribution in [0, 0.1) is 11.8 Å². The topological polar surface area (TPSA) is 38.3 Å². The highest BCUT2D eigenvalue weighted by Crippen LogP contribution is 2.31. The molecule has 6 heteroatoms. The fourth-order valence-electron chi connectivity index (χ4n) is 1.77. The Morgan fingerprint density at radius 2 is 2.13 bits per heavy atom. The average Bonchev–Trinajstić information content (AvgIpc) is 2.49. The van der Waals surface area contributed by atoms with Crippen molar-refractivity contribution in [2.24, 2.45) is 11.8 Å². The Kier molecular flexibility index (Phi) is 3.96. The minimum Gasteiger partial charge on any atom is -0.466 e. The standard InChI is InChI=1S/C9H14F3NO2/c1-2-15-8(14)7-5-13-4-6(7)3-9(10,11)12/h6-7,13H,2-5H2,1H3/t6-,7-/m1/s1. The molecule has 0 unspecified atom stereocenters. The zero-order chi connectivity index (χ0) is 11.5. The van der Waals surface area contributed by atoms with Crippen LogP contribution in [0.4, 0.5) is 13.2 Å². The van der Waals surface area contributed by atoms with Gasteiger partial charge in [-0.2, -0.15) is 13.2 Å². The molecule has 1 heterocycles. The second-order valence-electron chi connectivity index (χ2n) is 3.60. The maximum atomic E-state index is 12.2. The third-order valence-electron chi connectivity index (χ3n) is 2.42. The molecule has 1 rings (SSSR count). The monoisotopic (exact) mass is 225 g/mol. The van der Waals surface area contributed by atoms with Gasteiger partial charge in [-0.1, -0.05) is 0 Å². The molecule has 0 spiro atoms. The predicted octanol–water partition coefficient (Wildman–Crippen LogP) is 1.34. The van der Waals surface area contributed by atoms with Crippen molar-refractivity contribution in [2.45, 2.75) is 19.5 Å². The molecule has 15 heavy (non-hydrogen) atoms. The van der Waals surface area contributed by atoms with Crippen molar-refractivity contribution in [2.75, 3.05) is 19.7 Å². The van der Waals surface area contributed by atoms with Crippen molar-refractivity contribution in [3.63, 3.8) is 0 Å². The van der Waals surface area contributed by atoms with Gasteiger partial charge in [-0.25, -0.2) is 0 Å². The van der Waals surface area contributed by atoms with Gasteiger partial charge in [0.2, 0.25) is 0 Å². The summed E-state index contributed by atoms with van der Waals surface area (Å²) in [6.07, 6.45) is -5.15. The SMILES string of the molecule is CCOC(=O)[C@@H]1CNC[C@H]1CC(F)(F)F. The molecule has 0 saturated carbocycles. The Bertz CT molecular complexity index is 230. The number of halogens is 3. The predicted molar refractivity (Wildman–Crippen MR) is 47.2 cm³/mol. The molecule has 0 aliphatic carbocycles. The number of carbonyl (C=O) groups is 1. The van der Waals surface area contributed by atoms with Gasteiger partial charge < -0.3 is 10.1 Å². The van der Waals surface area contributed by atoms with E-state index in [2.05, 4.69) is 5.32 Å². The first-order valence-electron chi connectivity index (χ1n) is 4.88. The number of carbonyl (C=O) groups excluding carboxylic acids is 1. The van der Waals surface area contributed by atoms with Crippen molar-refractivity contribution in [3.8, 4) is 0 Å². The van der Waals surface area contributed by atoms with Gasteiger partial charge in [-0.3, -0.25) is 4.79 Å². The number of ether oxygens (including phenoxy) is 1. The Morgan fingerprint density at radius 3 is 2.67 bits per heavy atom. The molecule has 0 aromatic rings. The van der Waals surface area contributed by atoms with Gasteiger partial charge in [0.25, 0.3) is 0 Å². The molecule has 3 nitrogen and oxygen atoms in total. The van der Waals surface area contributed by atoms with Crippen LogP contribution in [0.25, 0.3) is 0 Å². The molecule has 1 saturated heterocycles. The van der Waals surface area contributed by atoms with Crippen molar-refractivity contribution in [1.82, 2.24) is 5.32 Å². The lowest BCUT2D eigenvalue weighted by Crippen LogP contribution is -2.28. The molecular weight excluding hydrogens is 211 g/mol. The van der Waals surface area contributed by atoms with Crippen LogP contribution in [0.1, 0.15) is 13.3 Å². The molecule has 0 bridgehead atoms. The molecule has 0 amide bonds.